The van der Waals surface area contributed by atoms with Crippen molar-refractivity contribution < 1.29 is 19.1 Å². The van der Waals surface area contributed by atoms with Crippen LogP contribution in [0, 0.1) is 0 Å². The Balaban J connectivity index is 1.84. The van der Waals surface area contributed by atoms with Crippen molar-refractivity contribution in [3.05, 3.63) is 74.0 Å². The van der Waals surface area contributed by atoms with Crippen LogP contribution in [0.15, 0.2) is 62.9 Å². The topological polar surface area (TPSA) is 55.8 Å². The lowest BCUT2D eigenvalue weighted by Crippen LogP contribution is -2.27. The predicted molar refractivity (Wildman–Crippen MR) is 122 cm³/mol. The van der Waals surface area contributed by atoms with E-state index in [9.17, 15) is 9.59 Å². The Hall–Kier alpha value is -2.03. The average Bonchev–Trinajstić information content (AvgIpc) is 2.95. The van der Waals surface area contributed by atoms with Crippen LogP contribution in [0.5, 0.6) is 11.5 Å². The van der Waals surface area contributed by atoms with Gasteiger partial charge in [-0.2, -0.15) is 0 Å². The number of amides is 2. The Morgan fingerprint density at radius 3 is 2.55 bits per heavy atom. The summed E-state index contributed by atoms with van der Waals surface area (Å²) in [6.45, 7) is 4.20. The van der Waals surface area contributed by atoms with Gasteiger partial charge in [0.1, 0.15) is 6.61 Å². The minimum Gasteiger partial charge on any atom is -0.493 e. The van der Waals surface area contributed by atoms with Gasteiger partial charge >= 0.3 is 0 Å². The molecular formula is C21H17Br2NO4S. The molecule has 1 aliphatic heterocycles. The second kappa shape index (κ2) is 9.65. The molecule has 0 bridgehead atoms. The third-order valence-electron chi connectivity index (χ3n) is 4.02. The van der Waals surface area contributed by atoms with Crippen molar-refractivity contribution >= 4 is 60.8 Å². The van der Waals surface area contributed by atoms with Gasteiger partial charge in [0.2, 0.25) is 0 Å². The Kier molecular flexibility index (Phi) is 7.21. The fraction of sp³-hybridized carbons (Fsp3) is 0.143. The SMILES string of the molecule is C=CCOc1c(Br)cc(/C=C2\SC(=O)N(Cc3ccc(Br)cc3)C2=O)cc1OC. The van der Waals surface area contributed by atoms with Crippen LogP contribution in [0.4, 0.5) is 4.79 Å². The first kappa shape index (κ1) is 21.7. The van der Waals surface area contributed by atoms with E-state index in [-0.39, 0.29) is 17.7 Å². The highest BCUT2D eigenvalue weighted by Crippen LogP contribution is 2.39. The molecule has 0 N–H and O–H groups in total. The number of nitrogens with zero attached hydrogens (tertiary/aromatic N) is 1. The first-order valence-electron chi connectivity index (χ1n) is 8.54. The molecule has 0 saturated carbocycles. The smallest absolute Gasteiger partial charge is 0.293 e. The van der Waals surface area contributed by atoms with Gasteiger partial charge in [-0.25, -0.2) is 0 Å². The number of thioether (sulfide) groups is 1. The molecule has 2 aromatic rings. The van der Waals surface area contributed by atoms with Crippen LogP contribution in [-0.4, -0.2) is 29.8 Å². The second-order valence-corrected chi connectivity index (χ2v) is 8.79. The summed E-state index contributed by atoms with van der Waals surface area (Å²) in [7, 11) is 1.54. The molecule has 1 fully saturated rings. The first-order valence-corrected chi connectivity index (χ1v) is 10.9. The van der Waals surface area contributed by atoms with Gasteiger partial charge in [-0.1, -0.05) is 40.7 Å². The normalized spacial score (nSPS) is 15.1. The molecule has 0 aliphatic carbocycles. The van der Waals surface area contributed by atoms with Gasteiger partial charge in [-0.3, -0.25) is 14.5 Å². The van der Waals surface area contributed by atoms with Crippen molar-refractivity contribution in [2.45, 2.75) is 6.54 Å². The van der Waals surface area contributed by atoms with E-state index < -0.39 is 0 Å². The third-order valence-corrected chi connectivity index (χ3v) is 6.05. The molecule has 2 aromatic carbocycles. The Labute approximate surface area is 190 Å². The number of hydrogen-bond acceptors (Lipinski definition) is 5. The summed E-state index contributed by atoms with van der Waals surface area (Å²) in [5, 5.41) is -0.291. The van der Waals surface area contributed by atoms with Crippen molar-refractivity contribution in [2.24, 2.45) is 0 Å². The van der Waals surface area contributed by atoms with Crippen LogP contribution in [0.1, 0.15) is 11.1 Å². The number of halogens is 2. The van der Waals surface area contributed by atoms with E-state index in [2.05, 4.69) is 38.4 Å². The fourth-order valence-electron chi connectivity index (χ4n) is 2.67. The maximum absolute atomic E-state index is 12.8. The average molecular weight is 539 g/mol. The van der Waals surface area contributed by atoms with Gasteiger partial charge in [0.05, 0.1) is 23.0 Å². The van der Waals surface area contributed by atoms with E-state index in [1.54, 1.807) is 25.3 Å². The molecule has 3 rings (SSSR count). The molecule has 0 radical (unpaired) electrons. The molecular weight excluding hydrogens is 522 g/mol. The molecule has 1 heterocycles. The zero-order chi connectivity index (χ0) is 21.0. The highest BCUT2D eigenvalue weighted by Gasteiger charge is 2.35. The summed E-state index contributed by atoms with van der Waals surface area (Å²) < 4.78 is 12.6. The molecule has 0 spiro atoms. The maximum atomic E-state index is 12.8. The highest BCUT2D eigenvalue weighted by atomic mass is 79.9. The molecule has 1 aliphatic rings. The molecule has 1 saturated heterocycles. The molecule has 0 aromatic heterocycles. The Morgan fingerprint density at radius 2 is 1.90 bits per heavy atom. The van der Waals surface area contributed by atoms with Gasteiger partial charge in [0.15, 0.2) is 11.5 Å². The lowest BCUT2D eigenvalue weighted by atomic mass is 10.1. The van der Waals surface area contributed by atoms with Crippen molar-refractivity contribution in [3.8, 4) is 11.5 Å². The largest absolute Gasteiger partial charge is 0.493 e. The van der Waals surface area contributed by atoms with Crippen LogP contribution in [-0.2, 0) is 11.3 Å². The zero-order valence-corrected chi connectivity index (χ0v) is 19.5. The van der Waals surface area contributed by atoms with Crippen LogP contribution in [0.3, 0.4) is 0 Å². The van der Waals surface area contributed by atoms with Crippen molar-refractivity contribution in [2.75, 3.05) is 13.7 Å². The van der Waals surface area contributed by atoms with Gasteiger partial charge in [0.25, 0.3) is 11.1 Å². The van der Waals surface area contributed by atoms with E-state index >= 15 is 0 Å². The lowest BCUT2D eigenvalue weighted by molar-refractivity contribution is -0.123. The first-order chi connectivity index (χ1) is 13.9. The minimum atomic E-state index is -0.315. The van der Waals surface area contributed by atoms with Crippen LogP contribution < -0.4 is 9.47 Å². The van der Waals surface area contributed by atoms with Crippen LogP contribution >= 0.6 is 43.6 Å². The van der Waals surface area contributed by atoms with Crippen molar-refractivity contribution in [3.63, 3.8) is 0 Å². The summed E-state index contributed by atoms with van der Waals surface area (Å²) in [5.74, 6) is 0.749. The number of carbonyl (C=O) groups excluding carboxylic acids is 2. The van der Waals surface area contributed by atoms with E-state index in [0.717, 1.165) is 21.8 Å². The summed E-state index contributed by atoms with van der Waals surface area (Å²) in [6, 6.07) is 11.1. The summed E-state index contributed by atoms with van der Waals surface area (Å²) in [5.41, 5.74) is 1.60. The Morgan fingerprint density at radius 1 is 1.17 bits per heavy atom. The lowest BCUT2D eigenvalue weighted by Gasteiger charge is -2.13. The second-order valence-electron chi connectivity index (χ2n) is 6.03. The van der Waals surface area contributed by atoms with Gasteiger partial charge < -0.3 is 9.47 Å². The number of carbonyl (C=O) groups is 2. The zero-order valence-electron chi connectivity index (χ0n) is 15.5. The molecule has 2 amide bonds. The summed E-state index contributed by atoms with van der Waals surface area (Å²) >= 11 is 7.77. The van der Waals surface area contributed by atoms with Crippen LogP contribution in [0.25, 0.3) is 6.08 Å². The van der Waals surface area contributed by atoms with E-state index in [0.29, 0.717) is 33.0 Å². The van der Waals surface area contributed by atoms with Crippen molar-refractivity contribution in [1.82, 2.24) is 4.90 Å². The summed E-state index contributed by atoms with van der Waals surface area (Å²) in [4.78, 5) is 26.7. The highest BCUT2D eigenvalue weighted by molar-refractivity contribution is 9.10. The molecule has 5 nitrogen and oxygen atoms in total. The minimum absolute atomic E-state index is 0.233. The number of benzene rings is 2. The van der Waals surface area contributed by atoms with Gasteiger partial charge in [-0.05, 0) is 69.2 Å². The summed E-state index contributed by atoms with van der Waals surface area (Å²) in [6.07, 6.45) is 3.32. The van der Waals surface area contributed by atoms with E-state index in [1.165, 1.54) is 4.90 Å². The molecule has 8 heteroatoms. The quantitative estimate of drug-likeness (QED) is 0.318. The molecule has 29 heavy (non-hydrogen) atoms. The maximum Gasteiger partial charge on any atom is 0.293 e. The number of methoxy groups -OCH3 is 1. The van der Waals surface area contributed by atoms with Crippen molar-refractivity contribution in [1.29, 1.82) is 0 Å². The van der Waals surface area contributed by atoms with E-state index in [4.69, 9.17) is 9.47 Å². The fourth-order valence-corrected chi connectivity index (χ4v) is 4.34. The van der Waals surface area contributed by atoms with Gasteiger partial charge in [-0.15, -0.1) is 0 Å². The molecule has 0 unspecified atom stereocenters. The number of imide groups is 1. The molecule has 150 valence electrons. The predicted octanol–water partition coefficient (Wildman–Crippen LogP) is 6.02. The third kappa shape index (κ3) is 5.12. The molecule has 0 atom stereocenters. The number of ether oxygens (including phenoxy) is 2. The van der Waals surface area contributed by atoms with Crippen LogP contribution in [0.2, 0.25) is 0 Å². The Bertz CT molecular complexity index is 989. The number of rotatable bonds is 7. The monoisotopic (exact) mass is 537 g/mol. The standard InChI is InChI=1S/C21H17Br2NO4S/c1-3-8-28-19-16(23)9-14(10-17(19)27-2)11-18-20(25)24(21(26)29-18)12-13-4-6-15(22)7-5-13/h3-7,9-11H,1,8,12H2,2H3/b18-11-. The van der Waals surface area contributed by atoms with Gasteiger partial charge in [0, 0.05) is 4.47 Å². The van der Waals surface area contributed by atoms with E-state index in [1.807, 2.05) is 30.3 Å². The number of hydrogen-bond donors (Lipinski definition) is 0.